The van der Waals surface area contributed by atoms with Gasteiger partial charge in [-0.2, -0.15) is 0 Å². The summed E-state index contributed by atoms with van der Waals surface area (Å²) in [4.78, 5) is 28.5. The quantitative estimate of drug-likeness (QED) is 0.439. The molecule has 0 bridgehead atoms. The van der Waals surface area contributed by atoms with E-state index in [0.717, 1.165) is 41.3 Å². The molecular formula is C23H22N6O3. The van der Waals surface area contributed by atoms with Crippen LogP contribution >= 0.6 is 0 Å². The van der Waals surface area contributed by atoms with E-state index < -0.39 is 11.5 Å². The minimum atomic E-state index is -1.27. The molecule has 0 aliphatic carbocycles. The van der Waals surface area contributed by atoms with Gasteiger partial charge in [-0.3, -0.25) is 9.36 Å². The van der Waals surface area contributed by atoms with E-state index in [1.165, 1.54) is 4.57 Å². The van der Waals surface area contributed by atoms with Gasteiger partial charge in [-0.25, -0.2) is 14.9 Å². The van der Waals surface area contributed by atoms with Crippen LogP contribution in [0, 0.1) is 0 Å². The summed E-state index contributed by atoms with van der Waals surface area (Å²) in [5.41, 5.74) is 2.82. The van der Waals surface area contributed by atoms with Crippen LogP contribution in [0.15, 0.2) is 59.5 Å². The van der Waals surface area contributed by atoms with Gasteiger partial charge in [-0.15, -0.1) is 5.10 Å². The van der Waals surface area contributed by atoms with Crippen LogP contribution in [-0.4, -0.2) is 41.3 Å². The van der Waals surface area contributed by atoms with Crippen molar-refractivity contribution in [2.45, 2.75) is 32.7 Å². The SMILES string of the molecule is CCCCc1ncc(C(=O)O)c(=O)n1Cc1ccc(-c2ccccc2-c2nnn[nH]2)cc1. The Labute approximate surface area is 183 Å². The number of hydrogen-bond donors (Lipinski definition) is 2. The van der Waals surface area contributed by atoms with E-state index in [1.54, 1.807) is 0 Å². The smallest absolute Gasteiger partial charge is 0.342 e. The van der Waals surface area contributed by atoms with E-state index in [1.807, 2.05) is 48.5 Å². The lowest BCUT2D eigenvalue weighted by molar-refractivity contribution is 0.0693. The largest absolute Gasteiger partial charge is 0.477 e. The molecule has 0 saturated heterocycles. The zero-order valence-electron chi connectivity index (χ0n) is 17.5. The second kappa shape index (κ2) is 9.34. The highest BCUT2D eigenvalue weighted by Gasteiger charge is 2.16. The maximum Gasteiger partial charge on any atom is 0.342 e. The zero-order chi connectivity index (χ0) is 22.5. The molecule has 2 aromatic carbocycles. The van der Waals surface area contributed by atoms with Crippen LogP contribution in [0.25, 0.3) is 22.5 Å². The van der Waals surface area contributed by atoms with Gasteiger partial charge in [0.05, 0.1) is 6.54 Å². The number of benzene rings is 2. The lowest BCUT2D eigenvalue weighted by Crippen LogP contribution is -2.30. The predicted molar refractivity (Wildman–Crippen MR) is 118 cm³/mol. The summed E-state index contributed by atoms with van der Waals surface area (Å²) in [6, 6.07) is 15.6. The first kappa shape index (κ1) is 21.1. The van der Waals surface area contributed by atoms with Gasteiger partial charge in [-0.1, -0.05) is 61.9 Å². The topological polar surface area (TPSA) is 127 Å². The normalized spacial score (nSPS) is 10.9. The summed E-state index contributed by atoms with van der Waals surface area (Å²) in [5.74, 6) is -0.102. The first-order chi connectivity index (χ1) is 15.6. The molecule has 0 amide bonds. The molecule has 0 aliphatic heterocycles. The van der Waals surface area contributed by atoms with E-state index in [2.05, 4.69) is 32.5 Å². The van der Waals surface area contributed by atoms with E-state index in [-0.39, 0.29) is 12.1 Å². The summed E-state index contributed by atoms with van der Waals surface area (Å²) >= 11 is 0. The Morgan fingerprint density at radius 3 is 2.50 bits per heavy atom. The first-order valence-electron chi connectivity index (χ1n) is 10.3. The van der Waals surface area contributed by atoms with Gasteiger partial charge >= 0.3 is 5.97 Å². The molecule has 0 aliphatic rings. The number of aryl methyl sites for hydroxylation is 1. The van der Waals surface area contributed by atoms with Crippen LogP contribution in [0.4, 0.5) is 0 Å². The van der Waals surface area contributed by atoms with E-state index in [0.29, 0.717) is 18.1 Å². The molecule has 9 nitrogen and oxygen atoms in total. The van der Waals surface area contributed by atoms with Crippen molar-refractivity contribution in [3.63, 3.8) is 0 Å². The fourth-order valence-electron chi connectivity index (χ4n) is 3.56. The Bertz CT molecular complexity index is 1280. The van der Waals surface area contributed by atoms with E-state index >= 15 is 0 Å². The monoisotopic (exact) mass is 430 g/mol. The van der Waals surface area contributed by atoms with E-state index in [4.69, 9.17) is 0 Å². The van der Waals surface area contributed by atoms with Crippen molar-refractivity contribution >= 4 is 5.97 Å². The van der Waals surface area contributed by atoms with Crippen molar-refractivity contribution in [1.29, 1.82) is 0 Å². The average molecular weight is 430 g/mol. The molecule has 4 rings (SSSR count). The Balaban J connectivity index is 1.67. The Hall–Kier alpha value is -4.14. The zero-order valence-corrected chi connectivity index (χ0v) is 17.5. The van der Waals surface area contributed by atoms with Crippen LogP contribution in [-0.2, 0) is 13.0 Å². The molecular weight excluding hydrogens is 408 g/mol. The van der Waals surface area contributed by atoms with Crippen molar-refractivity contribution in [3.8, 4) is 22.5 Å². The van der Waals surface area contributed by atoms with Crippen LogP contribution in [0.3, 0.4) is 0 Å². The molecule has 2 aromatic heterocycles. The Morgan fingerprint density at radius 1 is 1.09 bits per heavy atom. The molecule has 0 unspecified atom stereocenters. The number of H-pyrrole nitrogens is 1. The predicted octanol–water partition coefficient (Wildman–Crippen LogP) is 3.18. The maximum absolute atomic E-state index is 12.8. The third-order valence-corrected chi connectivity index (χ3v) is 5.25. The summed E-state index contributed by atoms with van der Waals surface area (Å²) in [6.07, 6.45) is 3.59. The van der Waals surface area contributed by atoms with Gasteiger partial charge < -0.3 is 5.11 Å². The van der Waals surface area contributed by atoms with Crippen molar-refractivity contribution in [2.24, 2.45) is 0 Å². The van der Waals surface area contributed by atoms with Crippen molar-refractivity contribution in [3.05, 3.63) is 82.0 Å². The number of carboxylic acid groups (broad SMARTS) is 1. The van der Waals surface area contributed by atoms with Gasteiger partial charge in [0, 0.05) is 18.2 Å². The fraction of sp³-hybridized carbons (Fsp3) is 0.217. The highest BCUT2D eigenvalue weighted by molar-refractivity contribution is 5.86. The number of nitrogens with zero attached hydrogens (tertiary/aromatic N) is 5. The van der Waals surface area contributed by atoms with Gasteiger partial charge in [-0.05, 0) is 33.5 Å². The number of aromatic carboxylic acids is 1. The molecule has 162 valence electrons. The first-order valence-corrected chi connectivity index (χ1v) is 10.3. The maximum atomic E-state index is 12.8. The minimum Gasteiger partial charge on any atom is -0.477 e. The summed E-state index contributed by atoms with van der Waals surface area (Å²) in [6.45, 7) is 2.30. The number of carboxylic acids is 1. The molecule has 32 heavy (non-hydrogen) atoms. The lowest BCUT2D eigenvalue weighted by atomic mass is 9.98. The average Bonchev–Trinajstić information content (AvgIpc) is 3.34. The summed E-state index contributed by atoms with van der Waals surface area (Å²) in [7, 11) is 0. The number of carbonyl (C=O) groups is 1. The van der Waals surface area contributed by atoms with Crippen LogP contribution in [0.2, 0.25) is 0 Å². The number of tetrazole rings is 1. The molecule has 0 atom stereocenters. The van der Waals surface area contributed by atoms with Gasteiger partial charge in [0.15, 0.2) is 5.82 Å². The highest BCUT2D eigenvalue weighted by atomic mass is 16.4. The van der Waals surface area contributed by atoms with Gasteiger partial charge in [0.2, 0.25) is 0 Å². The molecule has 4 aromatic rings. The summed E-state index contributed by atoms with van der Waals surface area (Å²) in [5, 5.41) is 23.4. The fourth-order valence-corrected chi connectivity index (χ4v) is 3.56. The number of unbranched alkanes of at least 4 members (excludes halogenated alkanes) is 1. The van der Waals surface area contributed by atoms with Crippen molar-refractivity contribution in [2.75, 3.05) is 0 Å². The number of hydrogen-bond acceptors (Lipinski definition) is 6. The molecule has 0 radical (unpaired) electrons. The van der Waals surface area contributed by atoms with Gasteiger partial charge in [0.1, 0.15) is 11.4 Å². The van der Waals surface area contributed by atoms with Crippen LogP contribution in [0.5, 0.6) is 0 Å². The number of rotatable bonds is 8. The molecule has 2 N–H and O–H groups in total. The molecule has 0 saturated carbocycles. The molecule has 0 fully saturated rings. The molecule has 2 heterocycles. The molecule has 9 heteroatoms. The number of aromatic amines is 1. The highest BCUT2D eigenvalue weighted by Crippen LogP contribution is 2.29. The van der Waals surface area contributed by atoms with Crippen molar-refractivity contribution in [1.82, 2.24) is 30.2 Å². The second-order valence-electron chi connectivity index (χ2n) is 7.38. The standard InChI is InChI=1S/C23H22N6O3/c1-2-3-8-20-24-13-19(23(31)32)22(30)29(20)14-15-9-11-16(12-10-15)17-6-4-5-7-18(17)21-25-27-28-26-21/h4-7,9-13H,2-3,8,14H2,1H3,(H,31,32)(H,25,26,27,28). The number of aromatic nitrogens is 6. The summed E-state index contributed by atoms with van der Waals surface area (Å²) < 4.78 is 1.46. The Kier molecular flexibility index (Phi) is 6.16. The second-order valence-corrected chi connectivity index (χ2v) is 7.38. The van der Waals surface area contributed by atoms with Gasteiger partial charge in [0.25, 0.3) is 5.56 Å². The number of nitrogens with one attached hydrogen (secondary N) is 1. The van der Waals surface area contributed by atoms with Crippen LogP contribution < -0.4 is 5.56 Å². The third-order valence-electron chi connectivity index (χ3n) is 5.25. The lowest BCUT2D eigenvalue weighted by Gasteiger charge is -2.13. The van der Waals surface area contributed by atoms with Crippen molar-refractivity contribution < 1.29 is 9.90 Å². The third kappa shape index (κ3) is 4.31. The Morgan fingerprint density at radius 2 is 1.84 bits per heavy atom. The van der Waals surface area contributed by atoms with Crippen LogP contribution in [0.1, 0.15) is 41.5 Å². The minimum absolute atomic E-state index is 0.250. The van der Waals surface area contributed by atoms with E-state index in [9.17, 15) is 14.7 Å². The molecule has 0 spiro atoms.